The molecule has 0 saturated carbocycles. The van der Waals surface area contributed by atoms with E-state index in [-0.39, 0.29) is 11.4 Å². The molecule has 1 rings (SSSR count). The minimum Gasteiger partial charge on any atom is -0.496 e. The van der Waals surface area contributed by atoms with Crippen LogP contribution in [-0.4, -0.2) is 30.1 Å². The third-order valence-electron chi connectivity index (χ3n) is 3.28. The van der Waals surface area contributed by atoms with Gasteiger partial charge in [-0.2, -0.15) is 11.8 Å². The molecule has 0 aliphatic rings. The lowest BCUT2D eigenvalue weighted by Crippen LogP contribution is -2.15. The monoisotopic (exact) mass is 297 g/mol. The van der Waals surface area contributed by atoms with Crippen LogP contribution < -0.4 is 10.1 Å². The minimum absolute atomic E-state index is 0.224. The van der Waals surface area contributed by atoms with E-state index in [1.165, 1.54) is 11.1 Å². The molecule has 2 N–H and O–H groups in total. The van der Waals surface area contributed by atoms with Crippen molar-refractivity contribution in [2.24, 2.45) is 0 Å². The van der Waals surface area contributed by atoms with Gasteiger partial charge in [-0.15, -0.1) is 0 Å². The normalized spacial score (nSPS) is 14.1. The molecule has 0 radical (unpaired) electrons. The average Bonchev–Trinajstić information content (AvgIpc) is 2.45. The van der Waals surface area contributed by atoms with E-state index >= 15 is 0 Å². The topological polar surface area (TPSA) is 41.5 Å². The molecule has 0 heterocycles. The van der Waals surface area contributed by atoms with E-state index in [1.807, 2.05) is 13.0 Å². The van der Waals surface area contributed by atoms with Crippen molar-refractivity contribution in [2.75, 3.05) is 13.7 Å². The molecule has 114 valence electrons. The Hall–Kier alpha value is -0.710. The maximum Gasteiger partial charge on any atom is 0.122 e. The summed E-state index contributed by atoms with van der Waals surface area (Å²) < 4.78 is 5.42. The van der Waals surface area contributed by atoms with Crippen molar-refractivity contribution in [1.82, 2.24) is 5.32 Å². The molecule has 0 saturated heterocycles. The maximum atomic E-state index is 9.56. The maximum absolute atomic E-state index is 9.56. The smallest absolute Gasteiger partial charge is 0.122 e. The Morgan fingerprint density at radius 2 is 2.10 bits per heavy atom. The standard InChI is InChI=1S/C16H27NO2S/c1-5-8-17-10-14-6-7-16(19-4)15(9-14)11-20-13(3)12(2)18/h6-7,9,12-13,17-18H,5,8,10-11H2,1-4H3. The molecule has 0 bridgehead atoms. The Labute approximate surface area is 127 Å². The van der Waals surface area contributed by atoms with Crippen LogP contribution >= 0.6 is 11.8 Å². The van der Waals surface area contributed by atoms with Gasteiger partial charge in [0.2, 0.25) is 0 Å². The van der Waals surface area contributed by atoms with Crippen molar-refractivity contribution in [3.63, 3.8) is 0 Å². The summed E-state index contributed by atoms with van der Waals surface area (Å²) in [4.78, 5) is 0. The van der Waals surface area contributed by atoms with Crippen molar-refractivity contribution >= 4 is 11.8 Å². The summed E-state index contributed by atoms with van der Waals surface area (Å²) in [5, 5.41) is 13.2. The molecule has 2 unspecified atom stereocenters. The highest BCUT2D eigenvalue weighted by Gasteiger charge is 2.11. The lowest BCUT2D eigenvalue weighted by molar-refractivity contribution is 0.196. The fourth-order valence-corrected chi connectivity index (χ4v) is 2.77. The van der Waals surface area contributed by atoms with E-state index < -0.39 is 0 Å². The highest BCUT2D eigenvalue weighted by molar-refractivity contribution is 7.99. The Morgan fingerprint density at radius 1 is 1.35 bits per heavy atom. The zero-order valence-electron chi connectivity index (χ0n) is 13.0. The second-order valence-corrected chi connectivity index (χ2v) is 6.45. The zero-order chi connectivity index (χ0) is 15.0. The van der Waals surface area contributed by atoms with E-state index in [4.69, 9.17) is 4.74 Å². The number of aliphatic hydroxyl groups excluding tert-OH is 1. The van der Waals surface area contributed by atoms with E-state index in [1.54, 1.807) is 18.9 Å². The summed E-state index contributed by atoms with van der Waals surface area (Å²) in [6.45, 7) is 7.98. The first-order valence-corrected chi connectivity index (χ1v) is 8.29. The summed E-state index contributed by atoms with van der Waals surface area (Å²) in [5.41, 5.74) is 2.47. The van der Waals surface area contributed by atoms with Crippen LogP contribution in [-0.2, 0) is 12.3 Å². The van der Waals surface area contributed by atoms with Gasteiger partial charge in [-0.25, -0.2) is 0 Å². The number of hydrogen-bond acceptors (Lipinski definition) is 4. The van der Waals surface area contributed by atoms with Crippen LogP contribution in [0.1, 0.15) is 38.3 Å². The summed E-state index contributed by atoms with van der Waals surface area (Å²) in [6, 6.07) is 6.34. The predicted octanol–water partition coefficient (Wildman–Crippen LogP) is 3.20. The van der Waals surface area contributed by atoms with Crippen LogP contribution in [0.3, 0.4) is 0 Å². The lowest BCUT2D eigenvalue weighted by Gasteiger charge is -2.16. The Bertz CT molecular complexity index is 396. The SMILES string of the molecule is CCCNCc1ccc(OC)c(CSC(C)C(C)O)c1. The molecule has 2 atom stereocenters. The molecule has 1 aromatic carbocycles. The molecular formula is C16H27NO2S. The number of methoxy groups -OCH3 is 1. The van der Waals surface area contributed by atoms with Gasteiger partial charge in [0.1, 0.15) is 5.75 Å². The minimum atomic E-state index is -0.291. The van der Waals surface area contributed by atoms with Crippen LogP contribution in [0.4, 0.5) is 0 Å². The van der Waals surface area contributed by atoms with Crippen molar-refractivity contribution < 1.29 is 9.84 Å². The number of nitrogens with one attached hydrogen (secondary N) is 1. The predicted molar refractivity (Wildman–Crippen MR) is 87.4 cm³/mol. The summed E-state index contributed by atoms with van der Waals surface area (Å²) in [6.07, 6.45) is 0.852. The van der Waals surface area contributed by atoms with Gasteiger partial charge in [0.25, 0.3) is 0 Å². The lowest BCUT2D eigenvalue weighted by atomic mass is 10.1. The van der Waals surface area contributed by atoms with Crippen molar-refractivity contribution in [3.8, 4) is 5.75 Å². The molecular weight excluding hydrogens is 270 g/mol. The molecule has 0 aromatic heterocycles. The Kier molecular flexibility index (Phi) is 8.04. The van der Waals surface area contributed by atoms with Gasteiger partial charge >= 0.3 is 0 Å². The molecule has 0 spiro atoms. The van der Waals surface area contributed by atoms with Crippen LogP contribution in [0.2, 0.25) is 0 Å². The Balaban J connectivity index is 2.68. The van der Waals surface area contributed by atoms with Crippen LogP contribution in [0.5, 0.6) is 5.75 Å². The molecule has 1 aromatic rings. The number of ether oxygens (including phenoxy) is 1. The number of benzene rings is 1. The van der Waals surface area contributed by atoms with E-state index in [0.29, 0.717) is 0 Å². The first kappa shape index (κ1) is 17.3. The van der Waals surface area contributed by atoms with Gasteiger partial charge in [0.05, 0.1) is 13.2 Å². The number of hydrogen-bond donors (Lipinski definition) is 2. The largest absolute Gasteiger partial charge is 0.496 e. The quantitative estimate of drug-likeness (QED) is 0.687. The number of rotatable bonds is 9. The summed E-state index contributed by atoms with van der Waals surface area (Å²) in [7, 11) is 1.70. The van der Waals surface area contributed by atoms with Crippen LogP contribution in [0, 0.1) is 0 Å². The van der Waals surface area contributed by atoms with Crippen molar-refractivity contribution in [1.29, 1.82) is 0 Å². The second kappa shape index (κ2) is 9.27. The highest BCUT2D eigenvalue weighted by atomic mass is 32.2. The third-order valence-corrected chi connectivity index (χ3v) is 4.68. The summed E-state index contributed by atoms with van der Waals surface area (Å²) >= 11 is 1.75. The van der Waals surface area contributed by atoms with E-state index in [0.717, 1.165) is 31.0 Å². The molecule has 4 heteroatoms. The third kappa shape index (κ3) is 5.73. The zero-order valence-corrected chi connectivity index (χ0v) is 13.8. The van der Waals surface area contributed by atoms with Gasteiger partial charge in [0, 0.05) is 23.1 Å². The number of aliphatic hydroxyl groups is 1. The van der Waals surface area contributed by atoms with Crippen LogP contribution in [0.15, 0.2) is 18.2 Å². The molecule has 0 aliphatic heterocycles. The Morgan fingerprint density at radius 3 is 2.70 bits per heavy atom. The highest BCUT2D eigenvalue weighted by Crippen LogP contribution is 2.27. The molecule has 20 heavy (non-hydrogen) atoms. The van der Waals surface area contributed by atoms with Gasteiger partial charge in [0.15, 0.2) is 0 Å². The van der Waals surface area contributed by atoms with Crippen molar-refractivity contribution in [2.45, 2.75) is 50.8 Å². The van der Waals surface area contributed by atoms with Crippen LogP contribution in [0.25, 0.3) is 0 Å². The van der Waals surface area contributed by atoms with Gasteiger partial charge in [-0.05, 0) is 37.6 Å². The van der Waals surface area contributed by atoms with E-state index in [2.05, 4.69) is 31.3 Å². The summed E-state index contributed by atoms with van der Waals surface area (Å²) in [5.74, 6) is 1.78. The fraction of sp³-hybridized carbons (Fsp3) is 0.625. The van der Waals surface area contributed by atoms with Gasteiger partial charge in [-0.1, -0.05) is 19.9 Å². The molecule has 0 fully saturated rings. The molecule has 0 amide bonds. The van der Waals surface area contributed by atoms with E-state index in [9.17, 15) is 5.11 Å². The van der Waals surface area contributed by atoms with Gasteiger partial charge < -0.3 is 15.2 Å². The van der Waals surface area contributed by atoms with Gasteiger partial charge in [-0.3, -0.25) is 0 Å². The first-order valence-electron chi connectivity index (χ1n) is 7.24. The van der Waals surface area contributed by atoms with Crippen molar-refractivity contribution in [3.05, 3.63) is 29.3 Å². The molecule has 3 nitrogen and oxygen atoms in total. The first-order chi connectivity index (χ1) is 9.58. The average molecular weight is 297 g/mol. The molecule has 0 aliphatic carbocycles. The second-order valence-electron chi connectivity index (χ2n) is 5.08. The number of thioether (sulfide) groups is 1. The fourth-order valence-electron chi connectivity index (χ4n) is 1.82.